The number of methoxy groups -OCH3 is 1. The lowest BCUT2D eigenvalue weighted by atomic mass is 10.2. The van der Waals surface area contributed by atoms with Gasteiger partial charge in [-0.1, -0.05) is 23.5 Å². The summed E-state index contributed by atoms with van der Waals surface area (Å²) in [6, 6.07) is 7.18. The molecule has 0 unspecified atom stereocenters. The molecule has 3 aromatic rings. The zero-order valence-corrected chi connectivity index (χ0v) is 14.0. The Morgan fingerprint density at radius 1 is 1.38 bits per heavy atom. The number of rotatable bonds is 6. The number of fused-ring (bicyclic) bond motifs is 1. The summed E-state index contributed by atoms with van der Waals surface area (Å²) in [6.07, 6.45) is 3.00. The molecular weight excluding hydrogens is 326 g/mol. The molecular formula is C16H17N5O2S. The molecule has 2 heterocycles. The van der Waals surface area contributed by atoms with E-state index in [2.05, 4.69) is 20.6 Å². The van der Waals surface area contributed by atoms with Gasteiger partial charge in [0.25, 0.3) is 5.91 Å². The van der Waals surface area contributed by atoms with Crippen LogP contribution in [-0.4, -0.2) is 39.4 Å². The molecule has 8 heteroatoms. The molecule has 0 saturated heterocycles. The molecule has 1 aliphatic carbocycles. The van der Waals surface area contributed by atoms with Crippen molar-refractivity contribution in [3.05, 3.63) is 40.7 Å². The van der Waals surface area contributed by atoms with Gasteiger partial charge in [0, 0.05) is 18.9 Å². The molecule has 1 amide bonds. The van der Waals surface area contributed by atoms with Gasteiger partial charge in [0.05, 0.1) is 12.7 Å². The summed E-state index contributed by atoms with van der Waals surface area (Å²) in [6.45, 7) is 0.514. The maximum Gasteiger partial charge on any atom is 0.255 e. The first-order valence-electron chi connectivity index (χ1n) is 7.88. The van der Waals surface area contributed by atoms with Crippen molar-refractivity contribution in [3.8, 4) is 5.75 Å². The van der Waals surface area contributed by atoms with Gasteiger partial charge >= 0.3 is 0 Å². The molecule has 24 heavy (non-hydrogen) atoms. The Balaban J connectivity index is 1.39. The maximum atomic E-state index is 12.3. The van der Waals surface area contributed by atoms with Crippen LogP contribution in [0, 0.1) is 0 Å². The van der Waals surface area contributed by atoms with Crippen LogP contribution >= 0.6 is 11.3 Å². The van der Waals surface area contributed by atoms with Gasteiger partial charge in [-0.2, -0.15) is 9.61 Å². The van der Waals surface area contributed by atoms with Crippen LogP contribution in [0.4, 0.5) is 0 Å². The lowest BCUT2D eigenvalue weighted by Gasteiger charge is -2.08. The van der Waals surface area contributed by atoms with Crippen molar-refractivity contribution in [1.29, 1.82) is 0 Å². The number of nitrogens with zero attached hydrogens (tertiary/aromatic N) is 4. The molecule has 0 spiro atoms. The van der Waals surface area contributed by atoms with Crippen LogP contribution in [0.25, 0.3) is 4.96 Å². The molecule has 1 saturated carbocycles. The number of carbonyl (C=O) groups is 1. The number of hydrogen-bond acceptors (Lipinski definition) is 6. The summed E-state index contributed by atoms with van der Waals surface area (Å²) in [5.74, 6) is 1.91. The smallest absolute Gasteiger partial charge is 0.255 e. The molecule has 1 aliphatic rings. The Bertz CT molecular complexity index is 884. The van der Waals surface area contributed by atoms with Crippen molar-refractivity contribution in [3.63, 3.8) is 0 Å². The van der Waals surface area contributed by atoms with Gasteiger partial charge < -0.3 is 10.1 Å². The van der Waals surface area contributed by atoms with Crippen molar-refractivity contribution in [1.82, 2.24) is 25.1 Å². The number of ether oxygens (including phenoxy) is 1. The van der Waals surface area contributed by atoms with Crippen LogP contribution in [0.15, 0.2) is 24.3 Å². The highest BCUT2D eigenvalue weighted by Crippen LogP contribution is 2.39. The maximum absolute atomic E-state index is 12.3. The molecule has 124 valence electrons. The van der Waals surface area contributed by atoms with E-state index in [0.29, 0.717) is 30.2 Å². The minimum Gasteiger partial charge on any atom is -0.496 e. The van der Waals surface area contributed by atoms with Crippen LogP contribution < -0.4 is 10.1 Å². The van der Waals surface area contributed by atoms with Crippen LogP contribution in [-0.2, 0) is 6.42 Å². The fraction of sp³-hybridized carbons (Fsp3) is 0.375. The quantitative estimate of drug-likeness (QED) is 0.741. The molecule has 4 rings (SSSR count). The Labute approximate surface area is 142 Å². The van der Waals surface area contributed by atoms with Gasteiger partial charge in [-0.15, -0.1) is 10.2 Å². The highest BCUT2D eigenvalue weighted by molar-refractivity contribution is 7.16. The van der Waals surface area contributed by atoms with Crippen molar-refractivity contribution >= 4 is 22.2 Å². The number of nitrogens with one attached hydrogen (secondary N) is 1. The van der Waals surface area contributed by atoms with Crippen LogP contribution in [0.1, 0.15) is 39.9 Å². The monoisotopic (exact) mass is 343 g/mol. The van der Waals surface area contributed by atoms with Crippen molar-refractivity contribution < 1.29 is 9.53 Å². The first-order chi connectivity index (χ1) is 11.8. The fourth-order valence-electron chi connectivity index (χ4n) is 2.58. The summed E-state index contributed by atoms with van der Waals surface area (Å²) in [7, 11) is 1.56. The van der Waals surface area contributed by atoms with Crippen molar-refractivity contribution in [2.75, 3.05) is 13.7 Å². The van der Waals surface area contributed by atoms with Crippen LogP contribution in [0.5, 0.6) is 5.75 Å². The van der Waals surface area contributed by atoms with Crippen LogP contribution in [0.2, 0.25) is 0 Å². The Morgan fingerprint density at radius 2 is 2.21 bits per heavy atom. The van der Waals surface area contributed by atoms with Crippen molar-refractivity contribution in [2.45, 2.75) is 25.2 Å². The number of hydrogen-bond donors (Lipinski definition) is 1. The highest BCUT2D eigenvalue weighted by atomic mass is 32.1. The minimum absolute atomic E-state index is 0.144. The second kappa shape index (κ2) is 6.20. The first kappa shape index (κ1) is 15.1. The van der Waals surface area contributed by atoms with Gasteiger partial charge in [-0.25, -0.2) is 0 Å². The van der Waals surface area contributed by atoms with Gasteiger partial charge in [0.1, 0.15) is 10.8 Å². The molecule has 1 fully saturated rings. The van der Waals surface area contributed by atoms with Crippen LogP contribution in [0.3, 0.4) is 0 Å². The number of amides is 1. The predicted octanol–water partition coefficient (Wildman–Crippen LogP) is 2.04. The second-order valence-corrected chi connectivity index (χ2v) is 6.77. The van der Waals surface area contributed by atoms with E-state index >= 15 is 0 Å². The summed E-state index contributed by atoms with van der Waals surface area (Å²) in [5.41, 5.74) is 0.536. The molecule has 0 atom stereocenters. The third kappa shape index (κ3) is 2.84. The molecule has 1 N–H and O–H groups in total. The Hall–Kier alpha value is -2.48. The number of benzene rings is 1. The van der Waals surface area contributed by atoms with Gasteiger partial charge in [-0.3, -0.25) is 4.79 Å². The van der Waals surface area contributed by atoms with E-state index in [4.69, 9.17) is 4.74 Å². The Kier molecular flexibility index (Phi) is 3.89. The van der Waals surface area contributed by atoms with E-state index in [-0.39, 0.29) is 5.91 Å². The molecule has 0 aliphatic heterocycles. The number of aromatic nitrogens is 4. The topological polar surface area (TPSA) is 81.4 Å². The molecule has 7 nitrogen and oxygen atoms in total. The minimum atomic E-state index is -0.144. The average Bonchev–Trinajstić information content (AvgIpc) is 3.25. The molecule has 1 aromatic carbocycles. The standard InChI is InChI=1S/C16H17N5O2S/c1-23-12-5-3-2-4-11(12)15(22)17-9-8-13-20-21-14(10-6-7-10)18-19-16(21)24-13/h2-5,10H,6-9H2,1H3,(H,17,22). The first-order valence-corrected chi connectivity index (χ1v) is 8.70. The summed E-state index contributed by atoms with van der Waals surface area (Å²) >= 11 is 1.52. The Morgan fingerprint density at radius 3 is 3.00 bits per heavy atom. The summed E-state index contributed by atoms with van der Waals surface area (Å²) in [5, 5.41) is 16.8. The zero-order chi connectivity index (χ0) is 16.5. The predicted molar refractivity (Wildman–Crippen MR) is 89.7 cm³/mol. The SMILES string of the molecule is COc1ccccc1C(=O)NCCc1nn2c(C3CC3)nnc2s1. The van der Waals surface area contributed by atoms with E-state index in [0.717, 1.165) is 15.8 Å². The second-order valence-electron chi connectivity index (χ2n) is 5.73. The molecule has 0 bridgehead atoms. The normalized spacial score (nSPS) is 14.0. The van der Waals surface area contributed by atoms with Gasteiger partial charge in [0.2, 0.25) is 4.96 Å². The van der Waals surface area contributed by atoms with Gasteiger partial charge in [-0.05, 0) is 25.0 Å². The summed E-state index contributed by atoms with van der Waals surface area (Å²) in [4.78, 5) is 13.1. The van der Waals surface area contributed by atoms with E-state index in [1.165, 1.54) is 24.2 Å². The third-order valence-corrected chi connectivity index (χ3v) is 4.93. The van der Waals surface area contributed by atoms with E-state index < -0.39 is 0 Å². The molecule has 0 radical (unpaired) electrons. The van der Waals surface area contributed by atoms with Gasteiger partial charge in [0.15, 0.2) is 5.82 Å². The zero-order valence-electron chi connectivity index (χ0n) is 13.2. The number of carbonyl (C=O) groups excluding carboxylic acids is 1. The molecule has 2 aromatic heterocycles. The fourth-order valence-corrected chi connectivity index (χ4v) is 3.42. The average molecular weight is 343 g/mol. The lowest BCUT2D eigenvalue weighted by molar-refractivity contribution is 0.0951. The van der Waals surface area contributed by atoms with E-state index in [9.17, 15) is 4.79 Å². The van der Waals surface area contributed by atoms with Crippen molar-refractivity contribution in [2.24, 2.45) is 0 Å². The highest BCUT2D eigenvalue weighted by Gasteiger charge is 2.30. The lowest BCUT2D eigenvalue weighted by Crippen LogP contribution is -2.26. The van der Waals surface area contributed by atoms with E-state index in [1.807, 2.05) is 16.6 Å². The number of para-hydroxylation sites is 1. The summed E-state index contributed by atoms with van der Waals surface area (Å²) < 4.78 is 7.06. The van der Waals surface area contributed by atoms with E-state index in [1.54, 1.807) is 19.2 Å². The largest absolute Gasteiger partial charge is 0.496 e. The third-order valence-electron chi connectivity index (χ3n) is 3.98.